The maximum absolute atomic E-state index is 12.2. The number of anilines is 1. The van der Waals surface area contributed by atoms with Gasteiger partial charge in [-0.2, -0.15) is 0 Å². The lowest BCUT2D eigenvalue weighted by molar-refractivity contribution is 0.583. The molecule has 0 atom stereocenters. The van der Waals surface area contributed by atoms with Crippen molar-refractivity contribution >= 4 is 27.5 Å². The Labute approximate surface area is 119 Å². The molecule has 0 unspecified atom stereocenters. The van der Waals surface area contributed by atoms with Crippen molar-refractivity contribution in [2.24, 2.45) is 0 Å². The molecular weight excluding hydrogens is 280 g/mol. The van der Waals surface area contributed by atoms with Gasteiger partial charge in [-0.3, -0.25) is 0 Å². The van der Waals surface area contributed by atoms with Gasteiger partial charge in [-0.15, -0.1) is 18.2 Å². The maximum atomic E-state index is 12.2. The molecule has 1 aromatic rings. The summed E-state index contributed by atoms with van der Waals surface area (Å²) < 4.78 is 27.0. The number of thioether (sulfide) groups is 1. The van der Waals surface area contributed by atoms with Crippen LogP contribution in [0.1, 0.15) is 11.1 Å². The van der Waals surface area contributed by atoms with Crippen LogP contribution in [-0.2, 0) is 10.0 Å². The summed E-state index contributed by atoms with van der Waals surface area (Å²) in [4.78, 5) is 0.309. The Balaban J connectivity index is 2.81. The van der Waals surface area contributed by atoms with Crippen LogP contribution in [0.15, 0.2) is 17.0 Å². The Morgan fingerprint density at radius 3 is 2.47 bits per heavy atom. The summed E-state index contributed by atoms with van der Waals surface area (Å²) in [6.07, 6.45) is 5.12. The van der Waals surface area contributed by atoms with Gasteiger partial charge in [0, 0.05) is 18.0 Å². The van der Waals surface area contributed by atoms with E-state index >= 15 is 0 Å². The van der Waals surface area contributed by atoms with Crippen LogP contribution in [0.2, 0.25) is 0 Å². The van der Waals surface area contributed by atoms with Crippen LogP contribution >= 0.6 is 11.8 Å². The third-order valence-electron chi connectivity index (χ3n) is 2.48. The standard InChI is InChI=1S/C13H18N2O2S2/c1-4-6-18-7-5-15-19(16,17)13-10(2)8-12(14)9-11(13)3/h1,8-9,15H,5-7,14H2,2-3H3. The zero-order chi connectivity index (χ0) is 14.5. The molecular formula is C13H18N2O2S2. The predicted molar refractivity (Wildman–Crippen MR) is 81.7 cm³/mol. The topological polar surface area (TPSA) is 72.2 Å². The summed E-state index contributed by atoms with van der Waals surface area (Å²) in [5.41, 5.74) is 7.57. The fourth-order valence-electron chi connectivity index (χ4n) is 1.86. The van der Waals surface area contributed by atoms with Crippen molar-refractivity contribution in [3.05, 3.63) is 23.3 Å². The summed E-state index contributed by atoms with van der Waals surface area (Å²) in [5.74, 6) is 3.73. The van der Waals surface area contributed by atoms with Crippen molar-refractivity contribution in [1.29, 1.82) is 0 Å². The van der Waals surface area contributed by atoms with E-state index in [0.29, 0.717) is 39.8 Å². The Hall–Kier alpha value is -1.16. The molecule has 3 N–H and O–H groups in total. The number of hydrogen-bond donors (Lipinski definition) is 2. The van der Waals surface area contributed by atoms with Crippen molar-refractivity contribution in [1.82, 2.24) is 4.72 Å². The summed E-state index contributed by atoms with van der Waals surface area (Å²) in [5, 5.41) is 0. The Kier molecular flexibility index (Phi) is 5.73. The van der Waals surface area contributed by atoms with Gasteiger partial charge < -0.3 is 5.73 Å². The number of nitrogens with two attached hydrogens (primary N) is 1. The summed E-state index contributed by atoms with van der Waals surface area (Å²) in [6.45, 7) is 3.84. The quantitative estimate of drug-likeness (QED) is 0.474. The number of benzene rings is 1. The number of terminal acetylenes is 1. The fraction of sp³-hybridized carbons (Fsp3) is 0.385. The van der Waals surface area contributed by atoms with E-state index in [0.717, 1.165) is 0 Å². The predicted octanol–water partition coefficient (Wildman–Crippen LogP) is 1.53. The van der Waals surface area contributed by atoms with Gasteiger partial charge in [0.1, 0.15) is 0 Å². The molecule has 0 radical (unpaired) electrons. The Morgan fingerprint density at radius 2 is 1.95 bits per heavy atom. The highest BCUT2D eigenvalue weighted by Gasteiger charge is 2.19. The van der Waals surface area contributed by atoms with Crippen LogP contribution in [0, 0.1) is 26.2 Å². The lowest BCUT2D eigenvalue weighted by Crippen LogP contribution is -2.27. The average Bonchev–Trinajstić information content (AvgIpc) is 2.26. The second-order valence-electron chi connectivity index (χ2n) is 4.14. The number of rotatable bonds is 6. The molecule has 19 heavy (non-hydrogen) atoms. The number of nitrogens with one attached hydrogen (secondary N) is 1. The Morgan fingerprint density at radius 1 is 1.37 bits per heavy atom. The van der Waals surface area contributed by atoms with Crippen LogP contribution in [0.3, 0.4) is 0 Å². The lowest BCUT2D eigenvalue weighted by Gasteiger charge is -2.12. The van der Waals surface area contributed by atoms with Crippen molar-refractivity contribution in [3.63, 3.8) is 0 Å². The molecule has 0 spiro atoms. The van der Waals surface area contributed by atoms with Crippen molar-refractivity contribution in [2.75, 3.05) is 23.8 Å². The zero-order valence-corrected chi connectivity index (χ0v) is 12.7. The van der Waals surface area contributed by atoms with Crippen molar-refractivity contribution in [2.45, 2.75) is 18.7 Å². The van der Waals surface area contributed by atoms with E-state index in [-0.39, 0.29) is 0 Å². The fourth-order valence-corrected chi connectivity index (χ4v) is 3.98. The lowest BCUT2D eigenvalue weighted by atomic mass is 10.1. The van der Waals surface area contributed by atoms with Gasteiger partial charge >= 0.3 is 0 Å². The van der Waals surface area contributed by atoms with Gasteiger partial charge in [0.15, 0.2) is 0 Å². The SMILES string of the molecule is C#CCSCCNS(=O)(=O)c1c(C)cc(N)cc1C. The van der Waals surface area contributed by atoms with Gasteiger partial charge in [0.2, 0.25) is 10.0 Å². The molecule has 6 heteroatoms. The molecule has 1 aromatic carbocycles. The third-order valence-corrected chi connectivity index (χ3v) is 5.10. The van der Waals surface area contributed by atoms with E-state index in [2.05, 4.69) is 10.6 Å². The second-order valence-corrected chi connectivity index (χ2v) is 6.95. The maximum Gasteiger partial charge on any atom is 0.241 e. The smallest absolute Gasteiger partial charge is 0.241 e. The van der Waals surface area contributed by atoms with Crippen LogP contribution < -0.4 is 10.5 Å². The van der Waals surface area contributed by atoms with E-state index in [4.69, 9.17) is 12.2 Å². The minimum absolute atomic E-state index is 0.309. The summed E-state index contributed by atoms with van der Waals surface area (Å²) >= 11 is 1.52. The first-order valence-electron chi connectivity index (χ1n) is 5.76. The van der Waals surface area contributed by atoms with Gasteiger partial charge in [0.25, 0.3) is 0 Å². The zero-order valence-electron chi connectivity index (χ0n) is 11.1. The molecule has 4 nitrogen and oxygen atoms in total. The number of sulfonamides is 1. The molecule has 0 aliphatic rings. The van der Waals surface area contributed by atoms with Crippen LogP contribution in [-0.4, -0.2) is 26.5 Å². The molecule has 0 aromatic heterocycles. The molecule has 0 saturated heterocycles. The van der Waals surface area contributed by atoms with Gasteiger partial charge in [-0.05, 0) is 37.1 Å². The molecule has 0 fully saturated rings. The first kappa shape index (κ1) is 15.9. The molecule has 0 heterocycles. The van der Waals surface area contributed by atoms with Gasteiger partial charge in [0.05, 0.1) is 10.6 Å². The van der Waals surface area contributed by atoms with E-state index in [1.54, 1.807) is 26.0 Å². The minimum Gasteiger partial charge on any atom is -0.399 e. The largest absolute Gasteiger partial charge is 0.399 e. The van der Waals surface area contributed by atoms with E-state index < -0.39 is 10.0 Å². The summed E-state index contributed by atoms with van der Waals surface area (Å²) in [6, 6.07) is 3.32. The average molecular weight is 298 g/mol. The van der Waals surface area contributed by atoms with Gasteiger partial charge in [-0.1, -0.05) is 5.92 Å². The summed E-state index contributed by atoms with van der Waals surface area (Å²) in [7, 11) is -3.50. The molecule has 0 amide bonds. The molecule has 104 valence electrons. The molecule has 0 aliphatic heterocycles. The van der Waals surface area contributed by atoms with Crippen molar-refractivity contribution < 1.29 is 8.42 Å². The normalized spacial score (nSPS) is 11.2. The molecule has 0 saturated carbocycles. The third kappa shape index (κ3) is 4.46. The first-order valence-corrected chi connectivity index (χ1v) is 8.40. The van der Waals surface area contributed by atoms with E-state index in [9.17, 15) is 8.42 Å². The van der Waals surface area contributed by atoms with Crippen LogP contribution in [0.25, 0.3) is 0 Å². The first-order chi connectivity index (χ1) is 8.88. The second kappa shape index (κ2) is 6.85. The monoisotopic (exact) mass is 298 g/mol. The number of nitrogen functional groups attached to an aromatic ring is 1. The molecule has 0 aliphatic carbocycles. The molecule has 1 rings (SSSR count). The highest BCUT2D eigenvalue weighted by atomic mass is 32.2. The number of aryl methyl sites for hydroxylation is 2. The van der Waals surface area contributed by atoms with Gasteiger partial charge in [-0.25, -0.2) is 13.1 Å². The molecule has 0 bridgehead atoms. The highest BCUT2D eigenvalue weighted by molar-refractivity contribution is 7.99. The number of hydrogen-bond acceptors (Lipinski definition) is 4. The van der Waals surface area contributed by atoms with E-state index in [1.165, 1.54) is 11.8 Å². The van der Waals surface area contributed by atoms with Crippen molar-refractivity contribution in [3.8, 4) is 12.3 Å². The van der Waals surface area contributed by atoms with Crippen LogP contribution in [0.5, 0.6) is 0 Å². The minimum atomic E-state index is -3.50. The highest BCUT2D eigenvalue weighted by Crippen LogP contribution is 2.22. The van der Waals surface area contributed by atoms with Crippen LogP contribution in [0.4, 0.5) is 5.69 Å². The van der Waals surface area contributed by atoms with E-state index in [1.807, 2.05) is 0 Å². The Bertz CT molecular complexity index is 566.